The summed E-state index contributed by atoms with van der Waals surface area (Å²) in [6, 6.07) is 11.8. The van der Waals surface area contributed by atoms with Crippen molar-refractivity contribution in [2.75, 3.05) is 6.54 Å². The average molecular weight is 281 g/mol. The van der Waals surface area contributed by atoms with Crippen molar-refractivity contribution in [1.29, 1.82) is 0 Å². The van der Waals surface area contributed by atoms with E-state index < -0.39 is 17.8 Å². The van der Waals surface area contributed by atoms with E-state index in [4.69, 9.17) is 5.73 Å². The quantitative estimate of drug-likeness (QED) is 0.906. The number of hydrogen-bond donors (Lipinski definition) is 2. The van der Waals surface area contributed by atoms with Crippen molar-refractivity contribution in [3.8, 4) is 11.1 Å². The Morgan fingerprint density at radius 3 is 2.15 bits per heavy atom. The number of benzene rings is 2. The van der Waals surface area contributed by atoms with Gasteiger partial charge in [-0.15, -0.1) is 0 Å². The topological polar surface area (TPSA) is 46.2 Å². The van der Waals surface area contributed by atoms with E-state index in [-0.39, 0.29) is 6.54 Å². The summed E-state index contributed by atoms with van der Waals surface area (Å²) in [5.41, 5.74) is 6.64. The molecule has 1 atom stereocenters. The second kappa shape index (κ2) is 5.64. The average Bonchev–Trinajstić information content (AvgIpc) is 2.45. The second-order valence-electron chi connectivity index (χ2n) is 4.41. The summed E-state index contributed by atoms with van der Waals surface area (Å²) in [6.07, 6.45) is -5.19. The summed E-state index contributed by atoms with van der Waals surface area (Å²) >= 11 is 0. The van der Waals surface area contributed by atoms with E-state index in [1.807, 2.05) is 0 Å². The van der Waals surface area contributed by atoms with Crippen molar-refractivity contribution in [2.45, 2.75) is 12.3 Å². The van der Waals surface area contributed by atoms with Gasteiger partial charge in [-0.3, -0.25) is 0 Å². The molecule has 0 unspecified atom stereocenters. The van der Waals surface area contributed by atoms with E-state index in [1.54, 1.807) is 24.3 Å². The summed E-state index contributed by atoms with van der Waals surface area (Å²) in [4.78, 5) is 0. The lowest BCUT2D eigenvalue weighted by atomic mass is 9.95. The molecule has 0 aromatic heterocycles. The van der Waals surface area contributed by atoms with Crippen LogP contribution < -0.4 is 5.73 Å². The number of aliphatic hydroxyl groups excluding tert-OH is 1. The van der Waals surface area contributed by atoms with Gasteiger partial charge in [0.25, 0.3) is 0 Å². The number of rotatable bonds is 3. The lowest BCUT2D eigenvalue weighted by Gasteiger charge is -2.14. The Kier molecular flexibility index (Phi) is 4.11. The molecule has 0 bridgehead atoms. The van der Waals surface area contributed by atoms with Crippen LogP contribution >= 0.6 is 0 Å². The minimum atomic E-state index is -4.35. The molecule has 2 rings (SSSR count). The Morgan fingerprint density at radius 2 is 1.60 bits per heavy atom. The minimum absolute atomic E-state index is 0.0532. The first-order chi connectivity index (χ1) is 9.43. The molecule has 20 heavy (non-hydrogen) atoms. The predicted octanol–water partition coefficient (Wildman–Crippen LogP) is 3.36. The van der Waals surface area contributed by atoms with Gasteiger partial charge in [0, 0.05) is 6.54 Å². The summed E-state index contributed by atoms with van der Waals surface area (Å²) < 4.78 is 37.6. The smallest absolute Gasteiger partial charge is 0.387 e. The summed E-state index contributed by atoms with van der Waals surface area (Å²) in [5.74, 6) is 0. The van der Waals surface area contributed by atoms with Crippen molar-refractivity contribution in [3.63, 3.8) is 0 Å². The van der Waals surface area contributed by atoms with Crippen LogP contribution in [-0.2, 0) is 6.18 Å². The molecule has 0 saturated carbocycles. The lowest BCUT2D eigenvalue weighted by Crippen LogP contribution is -2.12. The molecule has 0 heterocycles. The number of hydrogen-bond acceptors (Lipinski definition) is 2. The molecule has 0 aliphatic heterocycles. The highest BCUT2D eigenvalue weighted by molar-refractivity contribution is 5.68. The lowest BCUT2D eigenvalue weighted by molar-refractivity contribution is -0.137. The van der Waals surface area contributed by atoms with E-state index in [2.05, 4.69) is 0 Å². The molecular weight excluding hydrogens is 267 g/mol. The molecular formula is C15H14F3NO. The molecule has 0 fully saturated rings. The molecule has 0 aliphatic carbocycles. The van der Waals surface area contributed by atoms with Gasteiger partial charge < -0.3 is 10.8 Å². The third kappa shape index (κ3) is 3.00. The summed E-state index contributed by atoms with van der Waals surface area (Å²) in [6.45, 7) is 0.0532. The molecule has 2 nitrogen and oxygen atoms in total. The van der Waals surface area contributed by atoms with Crippen molar-refractivity contribution in [2.24, 2.45) is 5.73 Å². The first-order valence-corrected chi connectivity index (χ1v) is 6.08. The summed E-state index contributed by atoms with van der Waals surface area (Å²) in [7, 11) is 0. The first-order valence-electron chi connectivity index (χ1n) is 6.08. The van der Waals surface area contributed by atoms with Crippen molar-refractivity contribution in [3.05, 3.63) is 59.7 Å². The maximum absolute atomic E-state index is 12.5. The Hall–Kier alpha value is -1.85. The maximum Gasteiger partial charge on any atom is 0.416 e. The van der Waals surface area contributed by atoms with E-state index >= 15 is 0 Å². The van der Waals surface area contributed by atoms with Crippen LogP contribution in [0.1, 0.15) is 17.2 Å². The monoisotopic (exact) mass is 281 g/mol. The second-order valence-corrected chi connectivity index (χ2v) is 4.41. The highest BCUT2D eigenvalue weighted by Crippen LogP contribution is 2.32. The molecule has 0 radical (unpaired) electrons. The van der Waals surface area contributed by atoms with Gasteiger partial charge in [-0.25, -0.2) is 0 Å². The highest BCUT2D eigenvalue weighted by atomic mass is 19.4. The zero-order chi connectivity index (χ0) is 14.8. The standard InChI is InChI=1S/C15H14F3NO/c16-15(17,18)11-7-5-10(6-8-11)12-3-1-2-4-13(12)14(20)9-19/h1-8,14,20H,9,19H2/t14-/m1/s1. The largest absolute Gasteiger partial charge is 0.416 e. The highest BCUT2D eigenvalue weighted by Gasteiger charge is 2.30. The Labute approximate surface area is 114 Å². The molecule has 3 N–H and O–H groups in total. The van der Waals surface area contributed by atoms with Crippen LogP contribution in [0.5, 0.6) is 0 Å². The van der Waals surface area contributed by atoms with Crippen LogP contribution in [0.3, 0.4) is 0 Å². The molecule has 5 heteroatoms. The Balaban J connectivity index is 2.42. The summed E-state index contributed by atoms with van der Waals surface area (Å²) in [5, 5.41) is 9.85. The van der Waals surface area contributed by atoms with E-state index in [1.165, 1.54) is 12.1 Å². The van der Waals surface area contributed by atoms with Crippen LogP contribution in [0, 0.1) is 0 Å². The Bertz CT molecular complexity index is 578. The number of halogens is 3. The Morgan fingerprint density at radius 1 is 1.00 bits per heavy atom. The number of nitrogens with two attached hydrogens (primary N) is 1. The fourth-order valence-corrected chi connectivity index (χ4v) is 2.02. The van der Waals surface area contributed by atoms with E-state index in [9.17, 15) is 18.3 Å². The normalized spacial score (nSPS) is 13.2. The third-order valence-corrected chi connectivity index (χ3v) is 3.07. The van der Waals surface area contributed by atoms with Gasteiger partial charge in [0.1, 0.15) is 0 Å². The third-order valence-electron chi connectivity index (χ3n) is 3.07. The van der Waals surface area contributed by atoms with Gasteiger partial charge in [-0.2, -0.15) is 13.2 Å². The number of alkyl halides is 3. The molecule has 0 spiro atoms. The molecule has 2 aromatic rings. The molecule has 0 aliphatic rings. The van der Waals surface area contributed by atoms with Gasteiger partial charge in [0.05, 0.1) is 11.7 Å². The minimum Gasteiger partial charge on any atom is -0.387 e. The zero-order valence-electron chi connectivity index (χ0n) is 10.6. The fourth-order valence-electron chi connectivity index (χ4n) is 2.02. The van der Waals surface area contributed by atoms with Crippen LogP contribution in [0.2, 0.25) is 0 Å². The van der Waals surface area contributed by atoms with Crippen molar-refractivity contribution < 1.29 is 18.3 Å². The van der Waals surface area contributed by atoms with E-state index in [0.717, 1.165) is 12.1 Å². The fraction of sp³-hybridized carbons (Fsp3) is 0.200. The van der Waals surface area contributed by atoms with Crippen LogP contribution in [0.15, 0.2) is 48.5 Å². The van der Waals surface area contributed by atoms with Crippen molar-refractivity contribution >= 4 is 0 Å². The molecule has 106 valence electrons. The van der Waals surface area contributed by atoms with Crippen molar-refractivity contribution in [1.82, 2.24) is 0 Å². The zero-order valence-corrected chi connectivity index (χ0v) is 10.6. The number of aliphatic hydroxyl groups is 1. The molecule has 0 amide bonds. The van der Waals surface area contributed by atoms with Gasteiger partial charge in [0.2, 0.25) is 0 Å². The van der Waals surface area contributed by atoms with Crippen LogP contribution in [-0.4, -0.2) is 11.7 Å². The molecule has 2 aromatic carbocycles. The first kappa shape index (κ1) is 14.6. The van der Waals surface area contributed by atoms with Crippen LogP contribution in [0.4, 0.5) is 13.2 Å². The van der Waals surface area contributed by atoms with Gasteiger partial charge in [0.15, 0.2) is 0 Å². The van der Waals surface area contributed by atoms with Gasteiger partial charge >= 0.3 is 6.18 Å². The van der Waals surface area contributed by atoms with Gasteiger partial charge in [-0.1, -0.05) is 36.4 Å². The van der Waals surface area contributed by atoms with E-state index in [0.29, 0.717) is 16.7 Å². The SMILES string of the molecule is NC[C@@H](O)c1ccccc1-c1ccc(C(F)(F)F)cc1. The maximum atomic E-state index is 12.5. The van der Waals surface area contributed by atoms with Crippen LogP contribution in [0.25, 0.3) is 11.1 Å². The molecule has 0 saturated heterocycles. The van der Waals surface area contributed by atoms with Gasteiger partial charge in [-0.05, 0) is 28.8 Å². The predicted molar refractivity (Wildman–Crippen MR) is 70.9 cm³/mol.